The molecule has 18 heteroatoms. The Hall–Kier alpha value is -5.35. The first kappa shape index (κ1) is 43.1. The normalized spacial score (nSPS) is 11.4. The number of H-pyrrole nitrogens is 1. The molecule has 1 unspecified atom stereocenters. The SMILES string of the molecule is CC(CCC(=O)O)C(=O)O.CCOP(OCC)OCCCCOC(=O)c1ccccc1Nc1nc2ncc(CNc3ccc(C(C)=O)cc3)nc2c(=O)[nH]1. The van der Waals surface area contributed by atoms with E-state index in [0.717, 1.165) is 5.69 Å². The number of fused-ring (bicyclic) bond motifs is 1. The van der Waals surface area contributed by atoms with Crippen molar-refractivity contribution in [2.24, 2.45) is 5.92 Å². The lowest BCUT2D eigenvalue weighted by Gasteiger charge is -2.14. The number of aromatic amines is 1. The molecular formula is C36H45N6O11P. The Labute approximate surface area is 312 Å². The third-order valence-corrected chi connectivity index (χ3v) is 8.61. The molecule has 0 saturated carbocycles. The summed E-state index contributed by atoms with van der Waals surface area (Å²) in [7, 11) is -1.36. The van der Waals surface area contributed by atoms with E-state index in [1.165, 1.54) is 20.0 Å². The van der Waals surface area contributed by atoms with Crippen LogP contribution in [0.1, 0.15) is 79.8 Å². The van der Waals surface area contributed by atoms with Gasteiger partial charge in [-0.1, -0.05) is 19.1 Å². The van der Waals surface area contributed by atoms with E-state index in [0.29, 0.717) is 56.2 Å². The Morgan fingerprint density at radius 2 is 1.61 bits per heavy atom. The van der Waals surface area contributed by atoms with Crippen molar-refractivity contribution >= 4 is 60.8 Å². The van der Waals surface area contributed by atoms with Gasteiger partial charge in [-0.3, -0.25) is 24.2 Å². The topological polar surface area (TPSA) is 241 Å². The molecule has 0 bridgehead atoms. The van der Waals surface area contributed by atoms with Gasteiger partial charge in [-0.05, 0) is 76.4 Å². The van der Waals surface area contributed by atoms with Crippen molar-refractivity contribution in [3.63, 3.8) is 0 Å². The predicted molar refractivity (Wildman–Crippen MR) is 201 cm³/mol. The van der Waals surface area contributed by atoms with E-state index in [1.807, 2.05) is 13.8 Å². The number of ether oxygens (including phenoxy) is 1. The summed E-state index contributed by atoms with van der Waals surface area (Å²) in [6.07, 6.45) is 2.92. The zero-order chi connectivity index (χ0) is 39.5. The smallest absolute Gasteiger partial charge is 0.340 e. The number of rotatable bonds is 21. The molecule has 0 aliphatic rings. The van der Waals surface area contributed by atoms with Gasteiger partial charge in [-0.15, -0.1) is 0 Å². The number of nitrogens with one attached hydrogen (secondary N) is 3. The van der Waals surface area contributed by atoms with Crippen molar-refractivity contribution < 1.29 is 47.7 Å². The number of nitrogens with zero attached hydrogens (tertiary/aromatic N) is 3. The number of hydrogen-bond donors (Lipinski definition) is 5. The maximum atomic E-state index is 12.9. The second kappa shape index (κ2) is 22.7. The van der Waals surface area contributed by atoms with Crippen molar-refractivity contribution in [2.75, 3.05) is 37.1 Å². The van der Waals surface area contributed by atoms with Crippen molar-refractivity contribution in [3.8, 4) is 0 Å². The minimum atomic E-state index is -1.36. The van der Waals surface area contributed by atoms with Gasteiger partial charge >= 0.3 is 26.5 Å². The quantitative estimate of drug-likeness (QED) is 0.0278. The maximum Gasteiger partial charge on any atom is 0.340 e. The number of para-hydroxylation sites is 1. The van der Waals surface area contributed by atoms with Gasteiger partial charge in [-0.25, -0.2) is 14.8 Å². The van der Waals surface area contributed by atoms with Crippen LogP contribution in [0.4, 0.5) is 17.3 Å². The van der Waals surface area contributed by atoms with E-state index in [-0.39, 0.29) is 47.9 Å². The van der Waals surface area contributed by atoms with Crippen molar-refractivity contribution in [1.29, 1.82) is 0 Å². The fraction of sp³-hybridized carbons (Fsp3) is 0.389. The molecule has 290 valence electrons. The second-order valence-electron chi connectivity index (χ2n) is 11.5. The zero-order valence-corrected chi connectivity index (χ0v) is 31.4. The third kappa shape index (κ3) is 14.6. The Morgan fingerprint density at radius 1 is 0.926 bits per heavy atom. The lowest BCUT2D eigenvalue weighted by Crippen LogP contribution is -2.16. The molecule has 0 spiro atoms. The minimum absolute atomic E-state index is 0.00961. The van der Waals surface area contributed by atoms with E-state index < -0.39 is 38.0 Å². The molecule has 4 aromatic rings. The number of esters is 1. The molecule has 0 aliphatic carbocycles. The number of benzene rings is 2. The molecule has 2 heterocycles. The van der Waals surface area contributed by atoms with Crippen LogP contribution in [0.2, 0.25) is 0 Å². The number of carbonyl (C=O) groups is 4. The number of ketones is 1. The first-order chi connectivity index (χ1) is 25.9. The zero-order valence-electron chi connectivity index (χ0n) is 30.5. The van der Waals surface area contributed by atoms with Crippen LogP contribution < -0.4 is 16.2 Å². The minimum Gasteiger partial charge on any atom is -0.481 e. The van der Waals surface area contributed by atoms with E-state index in [9.17, 15) is 24.0 Å². The maximum absolute atomic E-state index is 12.9. The number of carbonyl (C=O) groups excluding carboxylic acids is 2. The van der Waals surface area contributed by atoms with Crippen LogP contribution in [-0.2, 0) is 34.4 Å². The van der Waals surface area contributed by atoms with E-state index in [4.69, 9.17) is 28.5 Å². The lowest BCUT2D eigenvalue weighted by atomic mass is 10.1. The molecule has 4 rings (SSSR count). The molecular weight excluding hydrogens is 723 g/mol. The van der Waals surface area contributed by atoms with E-state index >= 15 is 0 Å². The number of aliphatic carboxylic acids is 2. The summed E-state index contributed by atoms with van der Waals surface area (Å²) in [5, 5.41) is 22.6. The Morgan fingerprint density at radius 3 is 2.26 bits per heavy atom. The number of carboxylic acids is 2. The van der Waals surface area contributed by atoms with Crippen molar-refractivity contribution in [3.05, 3.63) is 81.9 Å². The lowest BCUT2D eigenvalue weighted by molar-refractivity contribution is -0.142. The number of carboxylic acid groups (broad SMARTS) is 2. The summed E-state index contributed by atoms with van der Waals surface area (Å²) in [5.41, 5.74) is 2.37. The Kier molecular flexibility index (Phi) is 18.1. The first-order valence-corrected chi connectivity index (χ1v) is 18.3. The van der Waals surface area contributed by atoms with Gasteiger partial charge in [0.25, 0.3) is 5.56 Å². The first-order valence-electron chi connectivity index (χ1n) is 17.2. The number of aromatic nitrogens is 4. The van der Waals surface area contributed by atoms with Crippen molar-refractivity contribution in [1.82, 2.24) is 19.9 Å². The van der Waals surface area contributed by atoms with Crippen LogP contribution in [0.3, 0.4) is 0 Å². The molecule has 0 fully saturated rings. The highest BCUT2D eigenvalue weighted by Gasteiger charge is 2.16. The van der Waals surface area contributed by atoms with Gasteiger partial charge in [0.05, 0.1) is 62.0 Å². The standard InChI is InChI=1S/C30H35N6O7P.C6H10O4/c1-4-41-44(42-5-2)43-17-9-8-16-40-29(39)24-10-6-7-11-25(24)34-30-35-27-26(28(38)36-30)33-23(19-32-27)18-31-22-14-12-21(13-15-22)20(3)37;1-4(6(9)10)2-3-5(7)8/h6-7,10-15,19,31H,4-5,8-9,16-18H2,1-3H3,(H2,32,34,35,36,38);4H,2-3H2,1H3,(H,7,8)(H,9,10). The van der Waals surface area contributed by atoms with Crippen molar-refractivity contribution in [2.45, 2.75) is 59.9 Å². The molecule has 17 nitrogen and oxygen atoms in total. The summed E-state index contributed by atoms with van der Waals surface area (Å²) in [5.74, 6) is -2.88. The predicted octanol–water partition coefficient (Wildman–Crippen LogP) is 6.10. The number of anilines is 3. The molecule has 0 amide bonds. The van der Waals surface area contributed by atoms with Crippen LogP contribution in [0, 0.1) is 5.92 Å². The highest BCUT2D eigenvalue weighted by molar-refractivity contribution is 7.41. The fourth-order valence-electron chi connectivity index (χ4n) is 4.38. The van der Waals surface area contributed by atoms with Gasteiger partial charge in [0.15, 0.2) is 16.9 Å². The Bertz CT molecular complexity index is 1900. The summed E-state index contributed by atoms with van der Waals surface area (Å²) in [6.45, 7) is 8.72. The van der Waals surface area contributed by atoms with Gasteiger partial charge in [-0.2, -0.15) is 4.98 Å². The van der Waals surface area contributed by atoms with Gasteiger partial charge in [0.2, 0.25) is 5.95 Å². The number of Topliss-reactive ketones (excluding diaryl/α,β-unsaturated/α-hetero) is 1. The largest absolute Gasteiger partial charge is 0.481 e. The number of unbranched alkanes of at least 4 members (excludes halogenated alkanes) is 1. The summed E-state index contributed by atoms with van der Waals surface area (Å²) < 4.78 is 21.9. The van der Waals surface area contributed by atoms with Crippen LogP contribution in [0.5, 0.6) is 0 Å². The van der Waals surface area contributed by atoms with Gasteiger partial charge < -0.3 is 39.2 Å². The summed E-state index contributed by atoms with van der Waals surface area (Å²) >= 11 is 0. The molecule has 0 radical (unpaired) electrons. The van der Waals surface area contributed by atoms with Crippen LogP contribution in [0.15, 0.2) is 59.5 Å². The molecule has 2 aromatic heterocycles. The van der Waals surface area contributed by atoms with Crippen LogP contribution in [0.25, 0.3) is 11.2 Å². The highest BCUT2D eigenvalue weighted by Crippen LogP contribution is 2.39. The van der Waals surface area contributed by atoms with Crippen LogP contribution >= 0.6 is 8.60 Å². The third-order valence-electron chi connectivity index (χ3n) is 7.28. The second-order valence-corrected chi connectivity index (χ2v) is 12.7. The van der Waals surface area contributed by atoms with Gasteiger partial charge in [0.1, 0.15) is 0 Å². The average Bonchev–Trinajstić information content (AvgIpc) is 3.15. The fourth-order valence-corrected chi connectivity index (χ4v) is 5.31. The molecule has 2 aromatic carbocycles. The molecule has 0 saturated heterocycles. The van der Waals surface area contributed by atoms with Crippen LogP contribution in [-0.4, -0.2) is 80.3 Å². The van der Waals surface area contributed by atoms with E-state index in [1.54, 1.807) is 48.5 Å². The number of hydrogen-bond acceptors (Lipinski definition) is 14. The van der Waals surface area contributed by atoms with E-state index in [2.05, 4.69) is 30.6 Å². The molecule has 0 aliphatic heterocycles. The summed E-state index contributed by atoms with van der Waals surface area (Å²) in [6, 6.07) is 13.8. The molecule has 5 N–H and O–H groups in total. The Balaban J connectivity index is 0.000000687. The highest BCUT2D eigenvalue weighted by atomic mass is 31.2. The summed E-state index contributed by atoms with van der Waals surface area (Å²) in [4.78, 5) is 73.0. The molecule has 1 atom stereocenters. The van der Waals surface area contributed by atoms with Gasteiger partial charge in [0, 0.05) is 17.7 Å². The molecule has 54 heavy (non-hydrogen) atoms. The average molecular weight is 769 g/mol. The monoisotopic (exact) mass is 768 g/mol.